The lowest BCUT2D eigenvalue weighted by molar-refractivity contribution is -0.160. The highest BCUT2D eigenvalue weighted by Crippen LogP contribution is 2.45. The van der Waals surface area contributed by atoms with E-state index in [1.54, 1.807) is 12.1 Å². The van der Waals surface area contributed by atoms with E-state index < -0.39 is 29.2 Å². The van der Waals surface area contributed by atoms with Gasteiger partial charge in [0.25, 0.3) is 0 Å². The van der Waals surface area contributed by atoms with E-state index in [0.29, 0.717) is 5.56 Å². The molecule has 4 rings (SSSR count). The van der Waals surface area contributed by atoms with Crippen LogP contribution in [0.25, 0.3) is 0 Å². The van der Waals surface area contributed by atoms with E-state index in [9.17, 15) is 23.5 Å². The van der Waals surface area contributed by atoms with E-state index in [1.807, 2.05) is 0 Å². The summed E-state index contributed by atoms with van der Waals surface area (Å²) in [6.07, 6.45) is 0.757. The number of aliphatic hydroxyl groups is 1. The smallest absolute Gasteiger partial charge is 0.224 e. The first-order chi connectivity index (χ1) is 13.8. The first-order valence-corrected chi connectivity index (χ1v) is 9.73. The number of Topliss-reactive ketones (excluding diaryl/α,β-unsaturated/α-hetero) is 1. The van der Waals surface area contributed by atoms with Gasteiger partial charge in [0.2, 0.25) is 5.91 Å². The van der Waals surface area contributed by atoms with Crippen LogP contribution >= 0.6 is 11.6 Å². The summed E-state index contributed by atoms with van der Waals surface area (Å²) in [5, 5.41) is 10.0. The van der Waals surface area contributed by atoms with Crippen molar-refractivity contribution in [2.24, 2.45) is 0 Å². The molecule has 1 aliphatic heterocycles. The third-order valence-electron chi connectivity index (χ3n) is 5.81. The largest absolute Gasteiger partial charge is 0.393 e. The summed E-state index contributed by atoms with van der Waals surface area (Å²) in [7, 11) is 0. The second-order valence-corrected chi connectivity index (χ2v) is 8.19. The van der Waals surface area contributed by atoms with Crippen molar-refractivity contribution >= 4 is 23.3 Å². The summed E-state index contributed by atoms with van der Waals surface area (Å²) >= 11 is 5.76. The first kappa shape index (κ1) is 19.9. The number of pyridine rings is 1. The summed E-state index contributed by atoms with van der Waals surface area (Å²) in [5.74, 6) is -2.31. The monoisotopic (exact) mass is 420 g/mol. The van der Waals surface area contributed by atoms with Crippen LogP contribution in [0.5, 0.6) is 0 Å². The van der Waals surface area contributed by atoms with Crippen LogP contribution in [0.2, 0.25) is 5.02 Å². The van der Waals surface area contributed by atoms with E-state index >= 15 is 0 Å². The van der Waals surface area contributed by atoms with Crippen molar-refractivity contribution in [1.29, 1.82) is 0 Å². The molecule has 5 nitrogen and oxygen atoms in total. The molecule has 1 atom stereocenters. The molecule has 1 unspecified atom stereocenters. The Hall–Kier alpha value is -2.38. The average molecular weight is 421 g/mol. The van der Waals surface area contributed by atoms with Crippen molar-refractivity contribution in [1.82, 2.24) is 9.88 Å². The molecule has 1 aromatic carbocycles. The predicted molar refractivity (Wildman–Crippen MR) is 101 cm³/mol. The van der Waals surface area contributed by atoms with E-state index in [-0.39, 0.29) is 54.6 Å². The van der Waals surface area contributed by atoms with E-state index in [0.717, 1.165) is 6.07 Å². The van der Waals surface area contributed by atoms with Gasteiger partial charge in [-0.15, -0.1) is 0 Å². The Labute approximate surface area is 171 Å². The number of nitrogens with zero attached hydrogens (tertiary/aromatic N) is 2. The van der Waals surface area contributed by atoms with Crippen molar-refractivity contribution < 1.29 is 23.5 Å². The second kappa shape index (κ2) is 7.46. The van der Waals surface area contributed by atoms with Gasteiger partial charge in [0.15, 0.2) is 5.78 Å². The molecule has 0 bridgehead atoms. The van der Waals surface area contributed by atoms with E-state index in [1.165, 1.54) is 23.2 Å². The molecule has 2 aliphatic rings. The number of aromatic nitrogens is 1. The summed E-state index contributed by atoms with van der Waals surface area (Å²) in [5.41, 5.74) is -0.417. The van der Waals surface area contributed by atoms with Crippen LogP contribution in [0.3, 0.4) is 0 Å². The number of halogens is 3. The third kappa shape index (κ3) is 3.65. The fourth-order valence-electron chi connectivity index (χ4n) is 4.29. The van der Waals surface area contributed by atoms with Gasteiger partial charge in [-0.1, -0.05) is 23.7 Å². The Bertz CT molecular complexity index is 961. The zero-order valence-corrected chi connectivity index (χ0v) is 16.2. The van der Waals surface area contributed by atoms with Gasteiger partial charge in [-0.05, 0) is 23.8 Å². The molecule has 1 aromatic heterocycles. The zero-order valence-electron chi connectivity index (χ0n) is 15.4. The zero-order chi connectivity index (χ0) is 20.8. The van der Waals surface area contributed by atoms with Crippen LogP contribution in [0.15, 0.2) is 36.5 Å². The van der Waals surface area contributed by atoms with Crippen LogP contribution in [0.4, 0.5) is 8.78 Å². The lowest BCUT2D eigenvalue weighted by atomic mass is 9.69. The van der Waals surface area contributed by atoms with Crippen molar-refractivity contribution in [3.8, 4) is 0 Å². The maximum Gasteiger partial charge on any atom is 0.224 e. The molecule has 1 saturated heterocycles. The number of amides is 1. The Morgan fingerprint density at radius 3 is 2.48 bits per heavy atom. The summed E-state index contributed by atoms with van der Waals surface area (Å²) < 4.78 is 27.6. The van der Waals surface area contributed by atoms with Crippen LogP contribution < -0.4 is 0 Å². The van der Waals surface area contributed by atoms with Crippen molar-refractivity contribution in [3.05, 3.63) is 64.4 Å². The van der Waals surface area contributed by atoms with Crippen molar-refractivity contribution in [2.75, 3.05) is 0 Å². The number of carbonyl (C=O) groups excluding carboxylic acids is 2. The van der Waals surface area contributed by atoms with Crippen LogP contribution in [-0.2, 0) is 16.1 Å². The van der Waals surface area contributed by atoms with Crippen LogP contribution in [0.1, 0.15) is 42.9 Å². The molecule has 2 fully saturated rings. The van der Waals surface area contributed by atoms with Gasteiger partial charge < -0.3 is 10.0 Å². The lowest BCUT2D eigenvalue weighted by Crippen LogP contribution is -2.64. The van der Waals surface area contributed by atoms with Gasteiger partial charge in [0.05, 0.1) is 16.8 Å². The fraction of sp³-hybridized carbons (Fsp3) is 0.381. The molecule has 152 valence electrons. The average Bonchev–Trinajstić information content (AvgIpc) is 2.73. The van der Waals surface area contributed by atoms with Crippen molar-refractivity contribution in [2.45, 2.75) is 49.8 Å². The fourth-order valence-corrected chi connectivity index (χ4v) is 4.44. The molecular formula is C21H19ClF2N2O3. The van der Waals surface area contributed by atoms with Crippen LogP contribution in [0, 0.1) is 11.6 Å². The molecule has 2 aromatic rings. The minimum Gasteiger partial charge on any atom is -0.393 e. The van der Waals surface area contributed by atoms with Gasteiger partial charge in [0, 0.05) is 44.3 Å². The van der Waals surface area contributed by atoms with E-state index in [4.69, 9.17) is 11.6 Å². The molecule has 29 heavy (non-hydrogen) atoms. The maximum atomic E-state index is 14.4. The topological polar surface area (TPSA) is 70.5 Å². The third-order valence-corrected chi connectivity index (χ3v) is 6.02. The minimum absolute atomic E-state index is 0.0368. The molecule has 2 heterocycles. The number of hydrogen-bond acceptors (Lipinski definition) is 4. The molecule has 8 heteroatoms. The van der Waals surface area contributed by atoms with Crippen molar-refractivity contribution in [3.63, 3.8) is 0 Å². The summed E-state index contributed by atoms with van der Waals surface area (Å²) in [4.78, 5) is 31.8. The standard InChI is InChI=1S/C21H19ClF2N2O3/c22-14-7-17(24)20(25-10-14)13-5-18(28)21(8-16(27)9-21)26(19(29)6-13)11-12-1-3-15(23)4-2-12/h1-4,7,10,13,16,27H,5-6,8-9,11H2. The quantitative estimate of drug-likeness (QED) is 0.826. The number of hydrogen-bond donors (Lipinski definition) is 1. The molecule has 1 amide bonds. The number of benzene rings is 1. The predicted octanol–water partition coefficient (Wildman–Crippen LogP) is 3.38. The van der Waals surface area contributed by atoms with Gasteiger partial charge in [0.1, 0.15) is 17.2 Å². The Balaban J connectivity index is 1.68. The van der Waals surface area contributed by atoms with E-state index in [2.05, 4.69) is 4.98 Å². The summed E-state index contributed by atoms with van der Waals surface area (Å²) in [6, 6.07) is 6.80. The number of ketones is 1. The summed E-state index contributed by atoms with van der Waals surface area (Å²) in [6.45, 7) is 0.112. The number of rotatable bonds is 3. The highest BCUT2D eigenvalue weighted by atomic mass is 35.5. The Morgan fingerprint density at radius 1 is 1.17 bits per heavy atom. The Morgan fingerprint density at radius 2 is 1.86 bits per heavy atom. The van der Waals surface area contributed by atoms with Crippen LogP contribution in [-0.4, -0.2) is 38.3 Å². The first-order valence-electron chi connectivity index (χ1n) is 9.36. The number of carbonyl (C=O) groups is 2. The van der Waals surface area contributed by atoms with Gasteiger partial charge in [-0.2, -0.15) is 0 Å². The van der Waals surface area contributed by atoms with Gasteiger partial charge in [-0.25, -0.2) is 8.78 Å². The molecular weight excluding hydrogens is 402 g/mol. The molecule has 1 N–H and O–H groups in total. The molecule has 1 spiro atoms. The maximum absolute atomic E-state index is 14.4. The van der Waals surface area contributed by atoms with Gasteiger partial charge >= 0.3 is 0 Å². The number of aliphatic hydroxyl groups excluding tert-OH is 1. The Kier molecular flexibility index (Phi) is 5.12. The number of likely N-dealkylation sites (tertiary alicyclic amines) is 1. The minimum atomic E-state index is -1.12. The SMILES string of the molecule is O=C1CC(c2ncc(Cl)cc2F)CC(=O)C2(CC(O)C2)N1Cc1ccc(F)cc1. The normalized spacial score (nSPS) is 27.1. The second-order valence-electron chi connectivity index (χ2n) is 7.75. The lowest BCUT2D eigenvalue weighted by Gasteiger charge is -2.50. The molecule has 1 aliphatic carbocycles. The van der Waals surface area contributed by atoms with Gasteiger partial charge in [-0.3, -0.25) is 14.6 Å². The highest BCUT2D eigenvalue weighted by molar-refractivity contribution is 6.30. The highest BCUT2D eigenvalue weighted by Gasteiger charge is 2.57. The molecule has 1 saturated carbocycles. The molecule has 0 radical (unpaired) electrons.